The molecule has 1 fully saturated rings. The van der Waals surface area contributed by atoms with Gasteiger partial charge in [-0.15, -0.1) is 0 Å². The molecule has 0 N–H and O–H groups in total. The van der Waals surface area contributed by atoms with E-state index in [9.17, 15) is 9.59 Å². The van der Waals surface area contributed by atoms with E-state index in [0.29, 0.717) is 5.92 Å². The zero-order valence-electron chi connectivity index (χ0n) is 15.2. The first kappa shape index (κ1) is 18.5. The van der Waals surface area contributed by atoms with Crippen LogP contribution in [-0.2, 0) is 20.7 Å². The summed E-state index contributed by atoms with van der Waals surface area (Å²) < 4.78 is 5.41. The lowest BCUT2D eigenvalue weighted by atomic mass is 9.97. The van der Waals surface area contributed by atoms with Crippen molar-refractivity contribution >= 4 is 11.9 Å². The molecule has 24 heavy (non-hydrogen) atoms. The van der Waals surface area contributed by atoms with Crippen molar-refractivity contribution in [3.63, 3.8) is 0 Å². The van der Waals surface area contributed by atoms with Crippen molar-refractivity contribution in [2.45, 2.75) is 59.0 Å². The summed E-state index contributed by atoms with van der Waals surface area (Å²) in [5, 5.41) is 0. The minimum absolute atomic E-state index is 0.0830. The van der Waals surface area contributed by atoms with Gasteiger partial charge in [0.2, 0.25) is 0 Å². The molecule has 1 aliphatic heterocycles. The van der Waals surface area contributed by atoms with E-state index in [2.05, 4.69) is 26.0 Å². The van der Waals surface area contributed by atoms with Gasteiger partial charge in [0, 0.05) is 13.1 Å². The molecule has 0 saturated carbocycles. The van der Waals surface area contributed by atoms with Crippen LogP contribution in [0, 0.1) is 5.92 Å². The number of likely N-dealkylation sites (tertiary alicyclic amines) is 1. The highest BCUT2D eigenvalue weighted by Crippen LogP contribution is 2.20. The molecule has 1 aliphatic rings. The summed E-state index contributed by atoms with van der Waals surface area (Å²) in [4.78, 5) is 26.4. The summed E-state index contributed by atoms with van der Waals surface area (Å²) in [6, 6.07) is 8.10. The maximum atomic E-state index is 12.3. The van der Waals surface area contributed by atoms with E-state index in [-0.39, 0.29) is 17.8 Å². The molecular weight excluding hydrogens is 302 g/mol. The number of hydrogen-bond acceptors (Lipinski definition) is 3. The van der Waals surface area contributed by atoms with Crippen LogP contribution in [-0.4, -0.2) is 36.0 Å². The Morgan fingerprint density at radius 2 is 1.62 bits per heavy atom. The van der Waals surface area contributed by atoms with E-state index in [0.717, 1.165) is 37.9 Å². The Morgan fingerprint density at radius 1 is 1.04 bits per heavy atom. The molecule has 2 rings (SSSR count). The number of carbonyl (C=O) groups excluding carboxylic acids is 2. The molecule has 1 aromatic rings. The van der Waals surface area contributed by atoms with Crippen LogP contribution < -0.4 is 0 Å². The highest BCUT2D eigenvalue weighted by molar-refractivity contribution is 5.85. The van der Waals surface area contributed by atoms with Crippen LogP contribution in [0.5, 0.6) is 0 Å². The van der Waals surface area contributed by atoms with E-state index in [1.807, 2.05) is 19.1 Å². The largest absolute Gasteiger partial charge is 0.452 e. The molecule has 0 unspecified atom stereocenters. The fourth-order valence-electron chi connectivity index (χ4n) is 3.07. The molecule has 1 heterocycles. The summed E-state index contributed by atoms with van der Waals surface area (Å²) in [6.07, 6.45) is 2.38. The highest BCUT2D eigenvalue weighted by atomic mass is 16.5. The second kappa shape index (κ2) is 8.32. The fraction of sp³-hybridized carbons (Fsp3) is 0.600. The van der Waals surface area contributed by atoms with Crippen LogP contribution in [0.3, 0.4) is 0 Å². The molecular formula is C20H29NO3. The fourth-order valence-corrected chi connectivity index (χ4v) is 3.07. The van der Waals surface area contributed by atoms with Gasteiger partial charge in [-0.05, 0) is 50.2 Å². The quantitative estimate of drug-likeness (QED) is 0.749. The van der Waals surface area contributed by atoms with Gasteiger partial charge < -0.3 is 9.64 Å². The second-order valence-corrected chi connectivity index (χ2v) is 7.17. The van der Waals surface area contributed by atoms with Gasteiger partial charge in [-0.25, -0.2) is 0 Å². The number of amides is 1. The number of rotatable bonds is 6. The Labute approximate surface area is 145 Å². The molecule has 1 amide bonds. The lowest BCUT2D eigenvalue weighted by Gasteiger charge is -2.22. The van der Waals surface area contributed by atoms with Crippen LogP contribution >= 0.6 is 0 Å². The first-order valence-electron chi connectivity index (χ1n) is 8.96. The lowest BCUT2D eigenvalue weighted by molar-refractivity contribution is -0.159. The highest BCUT2D eigenvalue weighted by Gasteiger charge is 2.27. The summed E-state index contributed by atoms with van der Waals surface area (Å²) >= 11 is 0. The van der Waals surface area contributed by atoms with Crippen molar-refractivity contribution in [2.24, 2.45) is 5.92 Å². The first-order chi connectivity index (χ1) is 11.4. The van der Waals surface area contributed by atoms with Crippen molar-refractivity contribution in [2.75, 3.05) is 13.1 Å². The van der Waals surface area contributed by atoms with E-state index < -0.39 is 6.10 Å². The Hall–Kier alpha value is -1.84. The van der Waals surface area contributed by atoms with E-state index >= 15 is 0 Å². The Bertz CT molecular complexity index is 559. The van der Waals surface area contributed by atoms with E-state index in [1.165, 1.54) is 5.56 Å². The minimum atomic E-state index is -0.710. The number of benzene rings is 1. The van der Waals surface area contributed by atoms with Crippen molar-refractivity contribution in [1.82, 2.24) is 4.90 Å². The number of esters is 1. The van der Waals surface area contributed by atoms with Crippen LogP contribution in [0.25, 0.3) is 0 Å². The average Bonchev–Trinajstić information content (AvgIpc) is 3.07. The van der Waals surface area contributed by atoms with Crippen molar-refractivity contribution in [3.05, 3.63) is 35.4 Å². The second-order valence-electron chi connectivity index (χ2n) is 7.17. The number of nitrogens with zero attached hydrogens (tertiary/aromatic N) is 1. The molecule has 0 aromatic heterocycles. The summed E-state index contributed by atoms with van der Waals surface area (Å²) in [5.41, 5.74) is 2.19. The molecule has 0 aliphatic carbocycles. The maximum absolute atomic E-state index is 12.3. The Kier molecular flexibility index (Phi) is 6.41. The van der Waals surface area contributed by atoms with Crippen LogP contribution in [0.15, 0.2) is 24.3 Å². The van der Waals surface area contributed by atoms with Gasteiger partial charge in [0.15, 0.2) is 6.10 Å². The Morgan fingerprint density at radius 3 is 2.17 bits per heavy atom. The predicted molar refractivity (Wildman–Crippen MR) is 94.8 cm³/mol. The van der Waals surface area contributed by atoms with Crippen LogP contribution in [0.2, 0.25) is 0 Å². The van der Waals surface area contributed by atoms with Gasteiger partial charge in [-0.1, -0.05) is 38.1 Å². The van der Waals surface area contributed by atoms with Gasteiger partial charge in [0.05, 0.1) is 5.92 Å². The lowest BCUT2D eigenvalue weighted by Crippen LogP contribution is -2.38. The third-order valence-corrected chi connectivity index (χ3v) is 4.54. The molecule has 0 spiro atoms. The molecule has 0 radical (unpaired) electrons. The number of hydrogen-bond donors (Lipinski definition) is 0. The monoisotopic (exact) mass is 331 g/mol. The van der Waals surface area contributed by atoms with Crippen LogP contribution in [0.4, 0.5) is 0 Å². The van der Waals surface area contributed by atoms with Crippen molar-refractivity contribution < 1.29 is 14.3 Å². The molecule has 4 nitrogen and oxygen atoms in total. The minimum Gasteiger partial charge on any atom is -0.452 e. The number of carbonyl (C=O) groups is 2. The standard InChI is InChI=1S/C20H29NO3/c1-14(2)13-17-7-9-18(10-8-17)15(3)20(23)24-16(4)19(22)21-11-5-6-12-21/h7-10,14-16H,5-6,11-13H2,1-4H3/t15-,16-/m0/s1. The summed E-state index contributed by atoms with van der Waals surface area (Å²) in [5.74, 6) is -0.186. The summed E-state index contributed by atoms with van der Waals surface area (Å²) in [6.45, 7) is 9.41. The van der Waals surface area contributed by atoms with E-state index in [4.69, 9.17) is 4.74 Å². The molecule has 1 aromatic carbocycles. The van der Waals surface area contributed by atoms with Gasteiger partial charge in [0.25, 0.3) is 5.91 Å². The first-order valence-corrected chi connectivity index (χ1v) is 8.96. The zero-order chi connectivity index (χ0) is 17.7. The molecule has 2 atom stereocenters. The van der Waals surface area contributed by atoms with E-state index in [1.54, 1.807) is 11.8 Å². The van der Waals surface area contributed by atoms with Gasteiger partial charge in [-0.3, -0.25) is 9.59 Å². The third-order valence-electron chi connectivity index (χ3n) is 4.54. The van der Waals surface area contributed by atoms with Gasteiger partial charge in [-0.2, -0.15) is 0 Å². The van der Waals surface area contributed by atoms with Crippen molar-refractivity contribution in [1.29, 1.82) is 0 Å². The van der Waals surface area contributed by atoms with Crippen molar-refractivity contribution in [3.8, 4) is 0 Å². The summed E-state index contributed by atoms with van der Waals surface area (Å²) in [7, 11) is 0. The molecule has 4 heteroatoms. The van der Waals surface area contributed by atoms with Gasteiger partial charge in [0.1, 0.15) is 0 Å². The normalized spacial score (nSPS) is 17.0. The topological polar surface area (TPSA) is 46.6 Å². The molecule has 0 bridgehead atoms. The number of ether oxygens (including phenoxy) is 1. The molecule has 132 valence electrons. The smallest absolute Gasteiger partial charge is 0.313 e. The predicted octanol–water partition coefficient (Wildman–Crippen LogP) is 3.54. The third kappa shape index (κ3) is 4.83. The van der Waals surface area contributed by atoms with Gasteiger partial charge >= 0.3 is 5.97 Å². The SMILES string of the molecule is CC(C)Cc1ccc([C@H](C)C(=O)O[C@@H](C)C(=O)N2CCCC2)cc1. The Balaban J connectivity index is 1.92. The zero-order valence-corrected chi connectivity index (χ0v) is 15.2. The maximum Gasteiger partial charge on any atom is 0.313 e. The average molecular weight is 331 g/mol. The van der Waals surface area contributed by atoms with Crippen LogP contribution in [0.1, 0.15) is 57.6 Å². The molecule has 1 saturated heterocycles.